The lowest BCUT2D eigenvalue weighted by Crippen LogP contribution is -2.53. The number of ether oxygens (including phenoxy) is 1. The van der Waals surface area contributed by atoms with Gasteiger partial charge in [-0.25, -0.2) is 9.18 Å². The molecule has 4 amide bonds. The second kappa shape index (κ2) is 9.78. The lowest BCUT2D eigenvalue weighted by molar-refractivity contribution is -0.136. The zero-order valence-electron chi connectivity index (χ0n) is 19.7. The molecule has 34 heavy (non-hydrogen) atoms. The van der Waals surface area contributed by atoms with Crippen molar-refractivity contribution < 1.29 is 33.1 Å². The van der Waals surface area contributed by atoms with E-state index in [9.17, 15) is 24.0 Å². The van der Waals surface area contributed by atoms with E-state index in [0.29, 0.717) is 32.5 Å². The largest absolute Gasteiger partial charge is 0.444 e. The number of halogens is 1. The van der Waals surface area contributed by atoms with Crippen molar-refractivity contribution in [2.75, 3.05) is 38.1 Å². The third-order valence-corrected chi connectivity index (χ3v) is 5.75. The molecule has 1 aromatic rings. The average Bonchev–Trinajstić information content (AvgIpc) is 2.77. The number of aldehydes is 1. The molecule has 10 nitrogen and oxygen atoms in total. The van der Waals surface area contributed by atoms with Crippen LogP contribution < -0.4 is 10.2 Å². The molecule has 1 aromatic carbocycles. The zero-order valence-corrected chi connectivity index (χ0v) is 19.7. The number of rotatable bonds is 4. The molecule has 2 saturated heterocycles. The number of hydrogen-bond donors (Lipinski definition) is 1. The standard InChI is InChI=1S/C23H29FN4O6/c1-23(2,3)34-22(33)28-9-7-27(8-10-28)18-11-14(13-29)15(12-16(18)24)21(32)26(4)17-5-6-19(30)25-20(17)31/h11-13,17H,5-10H2,1-4H3,(H,25,30,31). The number of amides is 4. The molecule has 3 rings (SSSR count). The van der Waals surface area contributed by atoms with Crippen LogP contribution in [0.3, 0.4) is 0 Å². The minimum Gasteiger partial charge on any atom is -0.444 e. The monoisotopic (exact) mass is 476 g/mol. The van der Waals surface area contributed by atoms with Gasteiger partial charge in [0, 0.05) is 45.2 Å². The third kappa shape index (κ3) is 5.52. The summed E-state index contributed by atoms with van der Waals surface area (Å²) in [6.07, 6.45) is 0.243. The van der Waals surface area contributed by atoms with Gasteiger partial charge in [-0.15, -0.1) is 0 Å². The number of nitrogens with one attached hydrogen (secondary N) is 1. The third-order valence-electron chi connectivity index (χ3n) is 5.75. The summed E-state index contributed by atoms with van der Waals surface area (Å²) in [6, 6.07) is 1.40. The molecule has 2 heterocycles. The van der Waals surface area contributed by atoms with E-state index in [4.69, 9.17) is 4.74 Å². The van der Waals surface area contributed by atoms with Crippen LogP contribution in [0.25, 0.3) is 0 Å². The lowest BCUT2D eigenvalue weighted by Gasteiger charge is -2.37. The highest BCUT2D eigenvalue weighted by Gasteiger charge is 2.34. The molecule has 1 N–H and O–H groups in total. The number of carbonyl (C=O) groups is 5. The molecule has 2 aliphatic rings. The number of hydrogen-bond acceptors (Lipinski definition) is 7. The second-order valence-electron chi connectivity index (χ2n) is 9.35. The fourth-order valence-electron chi connectivity index (χ4n) is 3.94. The van der Waals surface area contributed by atoms with Crippen molar-refractivity contribution in [3.05, 3.63) is 29.1 Å². The fraction of sp³-hybridized carbons (Fsp3) is 0.522. The van der Waals surface area contributed by atoms with Crippen LogP contribution >= 0.6 is 0 Å². The first-order valence-electron chi connectivity index (χ1n) is 11.0. The normalized spacial score (nSPS) is 18.9. The quantitative estimate of drug-likeness (QED) is 0.518. The topological polar surface area (TPSA) is 116 Å². The Labute approximate surface area is 197 Å². The molecule has 1 atom stereocenters. The summed E-state index contributed by atoms with van der Waals surface area (Å²) in [4.78, 5) is 64.8. The van der Waals surface area contributed by atoms with Gasteiger partial charge in [-0.05, 0) is 39.3 Å². The zero-order chi connectivity index (χ0) is 25.2. The van der Waals surface area contributed by atoms with Gasteiger partial charge in [0.25, 0.3) is 5.91 Å². The first-order chi connectivity index (χ1) is 15.9. The number of imide groups is 1. The van der Waals surface area contributed by atoms with Gasteiger partial charge in [-0.3, -0.25) is 24.5 Å². The van der Waals surface area contributed by atoms with Crippen molar-refractivity contribution in [3.8, 4) is 0 Å². The molecule has 0 saturated carbocycles. The number of likely N-dealkylation sites (N-methyl/N-ethyl adjacent to an activating group) is 1. The Balaban J connectivity index is 1.75. The molecule has 0 aromatic heterocycles. The molecule has 1 unspecified atom stereocenters. The van der Waals surface area contributed by atoms with Gasteiger partial charge in [0.05, 0.1) is 11.3 Å². The van der Waals surface area contributed by atoms with E-state index >= 15 is 4.39 Å². The maximum absolute atomic E-state index is 15.1. The van der Waals surface area contributed by atoms with Crippen molar-refractivity contribution in [2.24, 2.45) is 0 Å². The van der Waals surface area contributed by atoms with Crippen molar-refractivity contribution >= 4 is 35.8 Å². The fourth-order valence-corrected chi connectivity index (χ4v) is 3.94. The average molecular weight is 477 g/mol. The Kier molecular flexibility index (Phi) is 7.23. The summed E-state index contributed by atoms with van der Waals surface area (Å²) < 4.78 is 20.4. The number of piperidine rings is 1. The summed E-state index contributed by atoms with van der Waals surface area (Å²) in [7, 11) is 1.37. The molecule has 0 aliphatic carbocycles. The minimum absolute atomic E-state index is 0.0184. The van der Waals surface area contributed by atoms with Crippen LogP contribution in [0.2, 0.25) is 0 Å². The van der Waals surface area contributed by atoms with Crippen LogP contribution in [0.15, 0.2) is 12.1 Å². The number of nitrogens with zero attached hydrogens (tertiary/aromatic N) is 3. The molecule has 184 valence electrons. The number of piperazine rings is 1. The highest BCUT2D eigenvalue weighted by molar-refractivity contribution is 6.06. The predicted octanol–water partition coefficient (Wildman–Crippen LogP) is 1.57. The molecule has 11 heteroatoms. The van der Waals surface area contributed by atoms with Crippen LogP contribution in [0.1, 0.15) is 54.3 Å². The summed E-state index contributed by atoms with van der Waals surface area (Å²) in [6.45, 7) is 6.58. The SMILES string of the molecule is CN(C(=O)c1cc(F)c(N2CCN(C(=O)OC(C)(C)C)CC2)cc1C=O)C1CCC(=O)NC1=O. The van der Waals surface area contributed by atoms with Gasteiger partial charge in [-0.1, -0.05) is 0 Å². The summed E-state index contributed by atoms with van der Waals surface area (Å²) >= 11 is 0. The summed E-state index contributed by atoms with van der Waals surface area (Å²) in [5, 5.41) is 2.17. The Hall–Kier alpha value is -3.50. The van der Waals surface area contributed by atoms with Gasteiger partial charge in [0.2, 0.25) is 11.8 Å². The minimum atomic E-state index is -0.895. The molecule has 0 radical (unpaired) electrons. The molecule has 0 bridgehead atoms. The Morgan fingerprint density at radius 3 is 2.38 bits per heavy atom. The van der Waals surface area contributed by atoms with E-state index in [-0.39, 0.29) is 29.7 Å². The predicted molar refractivity (Wildman–Crippen MR) is 120 cm³/mol. The Morgan fingerprint density at radius 2 is 1.82 bits per heavy atom. The van der Waals surface area contributed by atoms with E-state index in [1.807, 2.05) is 0 Å². The van der Waals surface area contributed by atoms with Crippen LogP contribution in [0.4, 0.5) is 14.9 Å². The Morgan fingerprint density at radius 1 is 1.18 bits per heavy atom. The van der Waals surface area contributed by atoms with Gasteiger partial charge < -0.3 is 19.4 Å². The van der Waals surface area contributed by atoms with Gasteiger partial charge in [0.1, 0.15) is 17.5 Å². The molecular formula is C23H29FN4O6. The number of benzene rings is 1. The Bertz CT molecular complexity index is 1010. The van der Waals surface area contributed by atoms with Gasteiger partial charge in [-0.2, -0.15) is 0 Å². The van der Waals surface area contributed by atoms with Crippen molar-refractivity contribution in [3.63, 3.8) is 0 Å². The van der Waals surface area contributed by atoms with Crippen molar-refractivity contribution in [1.82, 2.24) is 15.1 Å². The van der Waals surface area contributed by atoms with Crippen molar-refractivity contribution in [2.45, 2.75) is 45.3 Å². The summed E-state index contributed by atoms with van der Waals surface area (Å²) in [5.74, 6) is -2.43. The second-order valence-corrected chi connectivity index (χ2v) is 9.35. The first-order valence-corrected chi connectivity index (χ1v) is 11.0. The van der Waals surface area contributed by atoms with Crippen LogP contribution in [-0.2, 0) is 14.3 Å². The van der Waals surface area contributed by atoms with Crippen LogP contribution in [0, 0.1) is 5.82 Å². The molecule has 2 fully saturated rings. The molecule has 2 aliphatic heterocycles. The highest BCUT2D eigenvalue weighted by atomic mass is 19.1. The summed E-state index contributed by atoms with van der Waals surface area (Å²) in [5.41, 5.74) is -0.667. The molecule has 0 spiro atoms. The van der Waals surface area contributed by atoms with E-state index in [0.717, 1.165) is 11.0 Å². The maximum Gasteiger partial charge on any atom is 0.410 e. The number of anilines is 1. The highest BCUT2D eigenvalue weighted by Crippen LogP contribution is 2.26. The lowest BCUT2D eigenvalue weighted by atomic mass is 10.0. The molecular weight excluding hydrogens is 447 g/mol. The maximum atomic E-state index is 15.1. The van der Waals surface area contributed by atoms with Crippen LogP contribution in [0.5, 0.6) is 0 Å². The van der Waals surface area contributed by atoms with E-state index in [1.165, 1.54) is 18.0 Å². The van der Waals surface area contributed by atoms with E-state index in [2.05, 4.69) is 5.32 Å². The smallest absolute Gasteiger partial charge is 0.410 e. The van der Waals surface area contributed by atoms with Crippen molar-refractivity contribution in [1.29, 1.82) is 0 Å². The van der Waals surface area contributed by atoms with E-state index in [1.54, 1.807) is 25.7 Å². The number of carbonyl (C=O) groups excluding carboxylic acids is 5. The van der Waals surface area contributed by atoms with Gasteiger partial charge >= 0.3 is 6.09 Å². The van der Waals surface area contributed by atoms with E-state index < -0.39 is 41.3 Å². The van der Waals surface area contributed by atoms with Gasteiger partial charge in [0.15, 0.2) is 6.29 Å². The van der Waals surface area contributed by atoms with Crippen LogP contribution in [-0.4, -0.2) is 84.8 Å². The first kappa shape index (κ1) is 25.1.